The smallest absolute Gasteiger partial charge is 0.308 e. The first-order valence-electron chi connectivity index (χ1n) is 8.36. The van der Waals surface area contributed by atoms with Crippen LogP contribution in [0.15, 0.2) is 30.3 Å². The van der Waals surface area contributed by atoms with Crippen LogP contribution in [0.2, 0.25) is 0 Å². The SMILES string of the molecule is Cc1nnnn1C(Cc1ccccc1)C(=O)N1CCC[C@H](C(=O)O)C1. The number of nitrogens with zero attached hydrogens (tertiary/aromatic N) is 5. The van der Waals surface area contributed by atoms with Crippen molar-refractivity contribution < 1.29 is 14.7 Å². The van der Waals surface area contributed by atoms with Gasteiger partial charge in [-0.15, -0.1) is 5.10 Å². The number of piperidine rings is 1. The van der Waals surface area contributed by atoms with Gasteiger partial charge in [0.25, 0.3) is 0 Å². The molecule has 132 valence electrons. The van der Waals surface area contributed by atoms with Gasteiger partial charge in [-0.3, -0.25) is 9.59 Å². The van der Waals surface area contributed by atoms with E-state index < -0.39 is 17.9 Å². The van der Waals surface area contributed by atoms with E-state index in [2.05, 4.69) is 15.5 Å². The highest BCUT2D eigenvalue weighted by atomic mass is 16.4. The van der Waals surface area contributed by atoms with Crippen molar-refractivity contribution in [1.82, 2.24) is 25.1 Å². The molecule has 0 aliphatic carbocycles. The summed E-state index contributed by atoms with van der Waals surface area (Å²) in [6.07, 6.45) is 1.75. The van der Waals surface area contributed by atoms with Crippen molar-refractivity contribution in [2.24, 2.45) is 5.92 Å². The number of carboxylic acids is 1. The first-order valence-corrected chi connectivity index (χ1v) is 8.36. The van der Waals surface area contributed by atoms with Crippen molar-refractivity contribution in [2.75, 3.05) is 13.1 Å². The highest BCUT2D eigenvalue weighted by molar-refractivity contribution is 5.82. The summed E-state index contributed by atoms with van der Waals surface area (Å²) in [6.45, 7) is 2.55. The van der Waals surface area contributed by atoms with Crippen LogP contribution in [0.25, 0.3) is 0 Å². The maximum absolute atomic E-state index is 13.1. The van der Waals surface area contributed by atoms with Gasteiger partial charge in [0.15, 0.2) is 0 Å². The standard InChI is InChI=1S/C17H21N5O3/c1-12-18-19-20-22(12)15(10-13-6-3-2-4-7-13)16(23)21-9-5-8-14(11-21)17(24)25/h2-4,6-7,14-15H,5,8-11H2,1H3,(H,24,25)/t14-,15?/m0/s1. The van der Waals surface area contributed by atoms with Crippen molar-refractivity contribution in [3.8, 4) is 0 Å². The predicted octanol–water partition coefficient (Wildman–Crippen LogP) is 1.09. The number of carbonyl (C=O) groups is 2. The summed E-state index contributed by atoms with van der Waals surface area (Å²) in [5.74, 6) is -0.938. The van der Waals surface area contributed by atoms with Crippen LogP contribution >= 0.6 is 0 Å². The quantitative estimate of drug-likeness (QED) is 0.872. The fourth-order valence-electron chi connectivity index (χ4n) is 3.23. The number of hydrogen-bond donors (Lipinski definition) is 1. The van der Waals surface area contributed by atoms with E-state index in [9.17, 15) is 14.7 Å². The Morgan fingerprint density at radius 2 is 2.08 bits per heavy atom. The molecule has 1 unspecified atom stereocenters. The number of aliphatic carboxylic acids is 1. The molecule has 1 aromatic carbocycles. The van der Waals surface area contributed by atoms with E-state index in [-0.39, 0.29) is 12.5 Å². The third-order valence-electron chi connectivity index (χ3n) is 4.59. The third kappa shape index (κ3) is 3.84. The third-order valence-corrected chi connectivity index (χ3v) is 4.59. The molecule has 0 saturated carbocycles. The van der Waals surface area contributed by atoms with Gasteiger partial charge in [-0.05, 0) is 35.8 Å². The fourth-order valence-corrected chi connectivity index (χ4v) is 3.23. The molecule has 1 saturated heterocycles. The van der Waals surface area contributed by atoms with Crippen LogP contribution in [-0.4, -0.2) is 55.2 Å². The minimum Gasteiger partial charge on any atom is -0.481 e. The van der Waals surface area contributed by atoms with Gasteiger partial charge < -0.3 is 10.0 Å². The largest absolute Gasteiger partial charge is 0.481 e. The van der Waals surface area contributed by atoms with Gasteiger partial charge >= 0.3 is 5.97 Å². The molecule has 1 aliphatic heterocycles. The Morgan fingerprint density at radius 3 is 2.72 bits per heavy atom. The first-order chi connectivity index (χ1) is 12.1. The number of aryl methyl sites for hydroxylation is 1. The Bertz CT molecular complexity index is 746. The molecule has 3 rings (SSSR count). The number of amides is 1. The molecule has 0 radical (unpaired) electrons. The van der Waals surface area contributed by atoms with Crippen molar-refractivity contribution in [2.45, 2.75) is 32.2 Å². The van der Waals surface area contributed by atoms with Gasteiger partial charge in [-0.1, -0.05) is 30.3 Å². The van der Waals surface area contributed by atoms with Gasteiger partial charge in [0.05, 0.1) is 5.92 Å². The van der Waals surface area contributed by atoms with Crippen molar-refractivity contribution in [3.05, 3.63) is 41.7 Å². The lowest BCUT2D eigenvalue weighted by atomic mass is 9.96. The minimum atomic E-state index is -0.851. The topological polar surface area (TPSA) is 101 Å². The zero-order valence-corrected chi connectivity index (χ0v) is 14.1. The molecular weight excluding hydrogens is 322 g/mol. The molecule has 1 fully saturated rings. The number of rotatable bonds is 5. The summed E-state index contributed by atoms with van der Waals surface area (Å²) in [5, 5.41) is 20.8. The van der Waals surface area contributed by atoms with Gasteiger partial charge in [-0.2, -0.15) is 0 Å². The summed E-state index contributed by atoms with van der Waals surface area (Å²) in [6, 6.07) is 9.09. The van der Waals surface area contributed by atoms with E-state index in [1.54, 1.807) is 11.8 Å². The second kappa shape index (κ2) is 7.42. The van der Waals surface area contributed by atoms with Crippen LogP contribution in [0.4, 0.5) is 0 Å². The maximum atomic E-state index is 13.1. The Morgan fingerprint density at radius 1 is 1.32 bits per heavy atom. The molecule has 0 bridgehead atoms. The lowest BCUT2D eigenvalue weighted by Gasteiger charge is -2.33. The second-order valence-electron chi connectivity index (χ2n) is 6.34. The van der Waals surface area contributed by atoms with E-state index in [1.165, 1.54) is 4.68 Å². The number of carbonyl (C=O) groups excluding carboxylic acids is 1. The lowest BCUT2D eigenvalue weighted by molar-refractivity contribution is -0.146. The molecule has 1 N–H and O–H groups in total. The monoisotopic (exact) mass is 343 g/mol. The zero-order valence-electron chi connectivity index (χ0n) is 14.1. The lowest BCUT2D eigenvalue weighted by Crippen LogP contribution is -2.46. The molecule has 1 aliphatic rings. The molecule has 25 heavy (non-hydrogen) atoms. The molecule has 8 nitrogen and oxygen atoms in total. The van der Waals surface area contributed by atoms with Gasteiger partial charge in [0, 0.05) is 19.5 Å². The molecule has 2 aromatic rings. The molecular formula is C17H21N5O3. The summed E-state index contributed by atoms with van der Waals surface area (Å²) < 4.78 is 1.53. The predicted molar refractivity (Wildman–Crippen MR) is 88.7 cm³/mol. The second-order valence-corrected chi connectivity index (χ2v) is 6.34. The van der Waals surface area contributed by atoms with Crippen molar-refractivity contribution in [3.63, 3.8) is 0 Å². The number of aromatic nitrogens is 4. The Hall–Kier alpha value is -2.77. The molecule has 2 atom stereocenters. The Balaban J connectivity index is 1.84. The van der Waals surface area contributed by atoms with Crippen LogP contribution in [0.3, 0.4) is 0 Å². The molecule has 1 amide bonds. The fraction of sp³-hybridized carbons (Fsp3) is 0.471. The first kappa shape index (κ1) is 17.1. The number of tetrazole rings is 1. The van der Waals surface area contributed by atoms with Crippen LogP contribution in [0, 0.1) is 12.8 Å². The molecule has 0 spiro atoms. The summed E-state index contributed by atoms with van der Waals surface area (Å²) >= 11 is 0. The highest BCUT2D eigenvalue weighted by Gasteiger charge is 2.33. The average Bonchev–Trinajstić information content (AvgIpc) is 3.06. The van der Waals surface area contributed by atoms with E-state index in [1.807, 2.05) is 30.3 Å². The highest BCUT2D eigenvalue weighted by Crippen LogP contribution is 2.23. The van der Waals surface area contributed by atoms with Crippen molar-refractivity contribution >= 4 is 11.9 Å². The zero-order chi connectivity index (χ0) is 17.8. The van der Waals surface area contributed by atoms with Crippen molar-refractivity contribution in [1.29, 1.82) is 0 Å². The maximum Gasteiger partial charge on any atom is 0.308 e. The van der Waals surface area contributed by atoms with E-state index in [0.29, 0.717) is 31.6 Å². The Kier molecular flexibility index (Phi) is 5.06. The summed E-state index contributed by atoms with van der Waals surface area (Å²) in [5.41, 5.74) is 1.00. The van der Waals surface area contributed by atoms with E-state index in [4.69, 9.17) is 0 Å². The van der Waals surface area contributed by atoms with Gasteiger partial charge in [0.1, 0.15) is 11.9 Å². The number of likely N-dealkylation sites (tertiary alicyclic amines) is 1. The Labute approximate surface area is 145 Å². The van der Waals surface area contributed by atoms with Gasteiger partial charge in [0.2, 0.25) is 5.91 Å². The number of hydrogen-bond acceptors (Lipinski definition) is 5. The van der Waals surface area contributed by atoms with Gasteiger partial charge in [-0.25, -0.2) is 4.68 Å². The normalized spacial score (nSPS) is 18.8. The molecule has 1 aromatic heterocycles. The summed E-state index contributed by atoms with van der Waals surface area (Å²) in [7, 11) is 0. The molecule has 8 heteroatoms. The summed E-state index contributed by atoms with van der Waals surface area (Å²) in [4.78, 5) is 26.1. The average molecular weight is 343 g/mol. The van der Waals surface area contributed by atoms with Crippen LogP contribution in [0.1, 0.15) is 30.3 Å². The number of benzene rings is 1. The number of carboxylic acid groups (broad SMARTS) is 1. The van der Waals surface area contributed by atoms with Crippen LogP contribution in [0.5, 0.6) is 0 Å². The van der Waals surface area contributed by atoms with E-state index >= 15 is 0 Å². The minimum absolute atomic E-state index is 0.134. The van der Waals surface area contributed by atoms with Crippen LogP contribution < -0.4 is 0 Å². The van der Waals surface area contributed by atoms with Crippen LogP contribution in [-0.2, 0) is 16.0 Å². The molecule has 2 heterocycles. The van der Waals surface area contributed by atoms with E-state index in [0.717, 1.165) is 5.56 Å².